The molecule has 3 aromatic rings. The van der Waals surface area contributed by atoms with E-state index in [0.29, 0.717) is 17.4 Å². The maximum absolute atomic E-state index is 11.4. The molecular weight excluding hydrogens is 338 g/mol. The lowest BCUT2D eigenvalue weighted by atomic mass is 10.1. The lowest BCUT2D eigenvalue weighted by Gasteiger charge is -1.99. The van der Waals surface area contributed by atoms with Gasteiger partial charge in [0, 0.05) is 5.38 Å². The number of hydrazone groups is 1. The van der Waals surface area contributed by atoms with E-state index in [-0.39, 0.29) is 12.4 Å². The van der Waals surface area contributed by atoms with Gasteiger partial charge in [-0.25, -0.2) is 9.97 Å². The molecule has 0 bridgehead atoms. The Kier molecular flexibility index (Phi) is 5.53. The van der Waals surface area contributed by atoms with E-state index < -0.39 is 0 Å². The second kappa shape index (κ2) is 8.20. The molecule has 1 aromatic carbocycles. The van der Waals surface area contributed by atoms with Crippen molar-refractivity contribution < 1.29 is 9.53 Å². The van der Waals surface area contributed by atoms with Crippen LogP contribution in [0.2, 0.25) is 0 Å². The smallest absolute Gasteiger partial charge is 0.311 e. The molecule has 0 spiro atoms. The van der Waals surface area contributed by atoms with Gasteiger partial charge in [0.05, 0.1) is 43.2 Å². The fraction of sp³-hybridized carbons (Fsp3) is 0.176. The van der Waals surface area contributed by atoms with Crippen molar-refractivity contribution in [1.29, 1.82) is 0 Å². The highest BCUT2D eigenvalue weighted by Crippen LogP contribution is 2.17. The van der Waals surface area contributed by atoms with Gasteiger partial charge in [-0.05, 0) is 18.1 Å². The lowest BCUT2D eigenvalue weighted by Crippen LogP contribution is -2.07. The standard InChI is InChI=1S/C17H17N5O2S/c1-2-24-16(23)7-14-10-25-17(21-14)22-20-8-12-3-5-13(6-4-12)15-9-18-11-19-15/h3-6,8-11H,2,7H2,1H3,(H,18,19)(H,21,22). The third-order valence-corrected chi connectivity index (χ3v) is 4.07. The average Bonchev–Trinajstić information content (AvgIpc) is 3.28. The van der Waals surface area contributed by atoms with Gasteiger partial charge in [0.2, 0.25) is 5.13 Å². The molecule has 0 atom stereocenters. The van der Waals surface area contributed by atoms with E-state index in [4.69, 9.17) is 4.74 Å². The summed E-state index contributed by atoms with van der Waals surface area (Å²) in [4.78, 5) is 22.8. The van der Waals surface area contributed by atoms with Gasteiger partial charge in [-0.1, -0.05) is 24.3 Å². The van der Waals surface area contributed by atoms with Crippen LogP contribution < -0.4 is 5.43 Å². The van der Waals surface area contributed by atoms with Crippen LogP contribution in [0.15, 0.2) is 47.3 Å². The summed E-state index contributed by atoms with van der Waals surface area (Å²) in [5.74, 6) is -0.278. The number of hydrogen-bond acceptors (Lipinski definition) is 7. The lowest BCUT2D eigenvalue weighted by molar-refractivity contribution is -0.142. The normalized spacial score (nSPS) is 10.9. The summed E-state index contributed by atoms with van der Waals surface area (Å²) in [5, 5.41) is 6.61. The van der Waals surface area contributed by atoms with Crippen LogP contribution in [0.4, 0.5) is 5.13 Å². The molecule has 8 heteroatoms. The van der Waals surface area contributed by atoms with Gasteiger partial charge in [0.1, 0.15) is 0 Å². The highest BCUT2D eigenvalue weighted by atomic mass is 32.1. The van der Waals surface area contributed by atoms with Crippen molar-refractivity contribution in [3.8, 4) is 11.3 Å². The summed E-state index contributed by atoms with van der Waals surface area (Å²) in [6.07, 6.45) is 5.31. The molecular formula is C17H17N5O2S. The summed E-state index contributed by atoms with van der Waals surface area (Å²) in [5.41, 5.74) is 6.53. The second-order valence-corrected chi connectivity index (χ2v) is 5.94. The zero-order valence-corrected chi connectivity index (χ0v) is 14.4. The summed E-state index contributed by atoms with van der Waals surface area (Å²) in [7, 11) is 0. The first kappa shape index (κ1) is 16.8. The Morgan fingerprint density at radius 1 is 1.40 bits per heavy atom. The maximum Gasteiger partial charge on any atom is 0.311 e. The Morgan fingerprint density at radius 3 is 2.96 bits per heavy atom. The van der Waals surface area contributed by atoms with E-state index in [9.17, 15) is 4.79 Å². The van der Waals surface area contributed by atoms with Crippen molar-refractivity contribution in [2.75, 3.05) is 12.0 Å². The Bertz CT molecular complexity index is 840. The van der Waals surface area contributed by atoms with E-state index >= 15 is 0 Å². The van der Waals surface area contributed by atoms with Gasteiger partial charge in [-0.3, -0.25) is 10.2 Å². The van der Waals surface area contributed by atoms with Crippen molar-refractivity contribution in [2.45, 2.75) is 13.3 Å². The largest absolute Gasteiger partial charge is 0.466 e. The number of aromatic amines is 1. The number of anilines is 1. The van der Waals surface area contributed by atoms with Crippen LogP contribution in [0.3, 0.4) is 0 Å². The van der Waals surface area contributed by atoms with Crippen LogP contribution >= 0.6 is 11.3 Å². The molecule has 0 saturated carbocycles. The monoisotopic (exact) mass is 355 g/mol. The number of nitrogens with one attached hydrogen (secondary N) is 2. The molecule has 0 aliphatic heterocycles. The van der Waals surface area contributed by atoms with Gasteiger partial charge in [0.15, 0.2) is 0 Å². The molecule has 0 unspecified atom stereocenters. The molecule has 0 fully saturated rings. The van der Waals surface area contributed by atoms with Crippen LogP contribution in [0.5, 0.6) is 0 Å². The number of esters is 1. The summed E-state index contributed by atoms with van der Waals surface area (Å²) < 4.78 is 4.90. The Morgan fingerprint density at radius 2 is 2.24 bits per heavy atom. The summed E-state index contributed by atoms with van der Waals surface area (Å²) in [6, 6.07) is 7.93. The molecule has 7 nitrogen and oxygen atoms in total. The number of benzene rings is 1. The number of carbonyl (C=O) groups is 1. The number of aromatic nitrogens is 3. The van der Waals surface area contributed by atoms with Crippen LogP contribution in [-0.4, -0.2) is 33.7 Å². The molecule has 0 aliphatic carbocycles. The first-order valence-corrected chi connectivity index (χ1v) is 8.60. The number of H-pyrrole nitrogens is 1. The van der Waals surface area contributed by atoms with E-state index in [1.165, 1.54) is 11.3 Å². The van der Waals surface area contributed by atoms with Gasteiger partial charge in [0.25, 0.3) is 0 Å². The molecule has 2 N–H and O–H groups in total. The molecule has 25 heavy (non-hydrogen) atoms. The number of carbonyl (C=O) groups excluding carboxylic acids is 1. The van der Waals surface area contributed by atoms with Crippen LogP contribution in [0.1, 0.15) is 18.2 Å². The minimum atomic E-state index is -0.278. The number of imidazole rings is 1. The molecule has 3 rings (SSSR count). The highest BCUT2D eigenvalue weighted by molar-refractivity contribution is 7.13. The molecule has 0 amide bonds. The van der Waals surface area contributed by atoms with Gasteiger partial charge in [-0.2, -0.15) is 5.10 Å². The van der Waals surface area contributed by atoms with Crippen LogP contribution in [-0.2, 0) is 16.0 Å². The molecule has 2 heterocycles. The number of nitrogens with zero attached hydrogens (tertiary/aromatic N) is 3. The van der Waals surface area contributed by atoms with Crippen LogP contribution in [0, 0.1) is 0 Å². The second-order valence-electron chi connectivity index (χ2n) is 5.08. The Labute approximate surface area is 148 Å². The predicted molar refractivity (Wildman–Crippen MR) is 97.7 cm³/mol. The zero-order valence-electron chi connectivity index (χ0n) is 13.6. The first-order valence-electron chi connectivity index (χ1n) is 7.72. The maximum atomic E-state index is 11.4. The number of thiazole rings is 1. The SMILES string of the molecule is CCOC(=O)Cc1csc(NN=Cc2ccc(-c3cnc[nH]3)cc2)n1. The van der Waals surface area contributed by atoms with Gasteiger partial charge in [-0.15, -0.1) is 11.3 Å². The third kappa shape index (κ3) is 4.74. The Hall–Kier alpha value is -3.00. The van der Waals surface area contributed by atoms with E-state index in [0.717, 1.165) is 16.8 Å². The molecule has 0 saturated heterocycles. The summed E-state index contributed by atoms with van der Waals surface area (Å²) >= 11 is 1.39. The summed E-state index contributed by atoms with van der Waals surface area (Å²) in [6.45, 7) is 2.15. The molecule has 0 radical (unpaired) electrons. The van der Waals surface area contributed by atoms with Gasteiger partial charge >= 0.3 is 5.97 Å². The first-order chi connectivity index (χ1) is 12.2. The highest BCUT2D eigenvalue weighted by Gasteiger charge is 2.07. The van der Waals surface area contributed by atoms with Crippen LogP contribution in [0.25, 0.3) is 11.3 Å². The minimum Gasteiger partial charge on any atom is -0.466 e. The van der Waals surface area contributed by atoms with E-state index in [2.05, 4.69) is 25.5 Å². The van der Waals surface area contributed by atoms with Gasteiger partial charge < -0.3 is 9.72 Å². The number of ether oxygens (including phenoxy) is 1. The fourth-order valence-corrected chi connectivity index (χ4v) is 2.78. The number of hydrogen-bond donors (Lipinski definition) is 2. The van der Waals surface area contributed by atoms with Crippen molar-refractivity contribution in [3.63, 3.8) is 0 Å². The van der Waals surface area contributed by atoms with Crippen molar-refractivity contribution in [3.05, 3.63) is 53.4 Å². The number of rotatable bonds is 7. The molecule has 2 aromatic heterocycles. The zero-order chi connectivity index (χ0) is 17.5. The molecule has 128 valence electrons. The topological polar surface area (TPSA) is 92.3 Å². The van der Waals surface area contributed by atoms with E-state index in [1.807, 2.05) is 29.6 Å². The van der Waals surface area contributed by atoms with Crippen molar-refractivity contribution in [1.82, 2.24) is 15.0 Å². The van der Waals surface area contributed by atoms with Crippen molar-refractivity contribution >= 4 is 28.7 Å². The van der Waals surface area contributed by atoms with Crippen molar-refractivity contribution in [2.24, 2.45) is 5.10 Å². The minimum absolute atomic E-state index is 0.171. The average molecular weight is 355 g/mol. The third-order valence-electron chi connectivity index (χ3n) is 3.28. The Balaban J connectivity index is 1.54. The molecule has 0 aliphatic rings. The predicted octanol–water partition coefficient (Wildman–Crippen LogP) is 3.08. The van der Waals surface area contributed by atoms with E-state index in [1.54, 1.807) is 25.7 Å². The quantitative estimate of drug-likeness (QED) is 0.386. The fourth-order valence-electron chi connectivity index (χ4n) is 2.12.